The van der Waals surface area contributed by atoms with Crippen LogP contribution in [0, 0.1) is 6.92 Å². The predicted molar refractivity (Wildman–Crippen MR) is 89.2 cm³/mol. The molecular formula is C18H18N4O. The van der Waals surface area contributed by atoms with Crippen molar-refractivity contribution in [1.82, 2.24) is 19.9 Å². The minimum Gasteiger partial charge on any atom is -0.311 e. The number of nitrogens with zero attached hydrogens (tertiary/aromatic N) is 3. The Morgan fingerprint density at radius 2 is 2.22 bits per heavy atom. The zero-order valence-electron chi connectivity index (χ0n) is 13.0. The summed E-state index contributed by atoms with van der Waals surface area (Å²) in [5.74, 6) is 0.687. The van der Waals surface area contributed by atoms with E-state index in [1.165, 1.54) is 5.56 Å². The molecule has 1 aliphatic rings. The molecule has 0 unspecified atom stereocenters. The average molecular weight is 306 g/mol. The van der Waals surface area contributed by atoms with Crippen LogP contribution < -0.4 is 5.56 Å². The van der Waals surface area contributed by atoms with Crippen molar-refractivity contribution in [1.29, 1.82) is 0 Å². The van der Waals surface area contributed by atoms with Gasteiger partial charge in [-0.3, -0.25) is 14.7 Å². The molecule has 5 nitrogen and oxygen atoms in total. The maximum atomic E-state index is 12.0. The van der Waals surface area contributed by atoms with Crippen LogP contribution in [0.1, 0.15) is 22.6 Å². The second-order valence-electron chi connectivity index (χ2n) is 6.07. The van der Waals surface area contributed by atoms with Gasteiger partial charge in [-0.15, -0.1) is 0 Å². The summed E-state index contributed by atoms with van der Waals surface area (Å²) in [6.07, 6.45) is 2.57. The molecule has 0 fully saturated rings. The lowest BCUT2D eigenvalue weighted by molar-refractivity contribution is 0.240. The van der Waals surface area contributed by atoms with Gasteiger partial charge in [0.2, 0.25) is 0 Å². The van der Waals surface area contributed by atoms with Crippen molar-refractivity contribution < 1.29 is 0 Å². The first-order valence-electron chi connectivity index (χ1n) is 7.84. The molecule has 3 aromatic rings. The third-order valence-corrected chi connectivity index (χ3v) is 4.34. The summed E-state index contributed by atoms with van der Waals surface area (Å²) in [6.45, 7) is 4.30. The lowest BCUT2D eigenvalue weighted by Crippen LogP contribution is -2.35. The molecule has 0 bridgehead atoms. The van der Waals surface area contributed by atoms with Crippen molar-refractivity contribution in [2.75, 3.05) is 6.54 Å². The highest BCUT2D eigenvalue weighted by Gasteiger charge is 2.20. The maximum absolute atomic E-state index is 12.0. The van der Waals surface area contributed by atoms with E-state index in [1.54, 1.807) is 0 Å². The van der Waals surface area contributed by atoms with Crippen LogP contribution in [0.3, 0.4) is 0 Å². The van der Waals surface area contributed by atoms with E-state index in [0.717, 1.165) is 48.2 Å². The van der Waals surface area contributed by atoms with Crippen molar-refractivity contribution in [3.05, 3.63) is 69.5 Å². The van der Waals surface area contributed by atoms with Crippen molar-refractivity contribution in [2.45, 2.75) is 26.4 Å². The molecule has 0 saturated heterocycles. The molecular weight excluding hydrogens is 288 g/mol. The van der Waals surface area contributed by atoms with Crippen LogP contribution >= 0.6 is 0 Å². The Balaban J connectivity index is 1.58. The minimum atomic E-state index is 0.0175. The van der Waals surface area contributed by atoms with Gasteiger partial charge < -0.3 is 4.98 Å². The van der Waals surface area contributed by atoms with Crippen LogP contribution in [0.5, 0.6) is 0 Å². The van der Waals surface area contributed by atoms with Crippen LogP contribution in [0.4, 0.5) is 0 Å². The Bertz CT molecular complexity index is 932. The number of rotatable bonds is 2. The number of aromatic nitrogens is 3. The van der Waals surface area contributed by atoms with Gasteiger partial charge in [-0.05, 0) is 37.1 Å². The normalized spacial score (nSPS) is 14.8. The number of H-pyrrole nitrogens is 1. The van der Waals surface area contributed by atoms with E-state index in [9.17, 15) is 4.79 Å². The lowest BCUT2D eigenvalue weighted by Gasteiger charge is -2.27. The SMILES string of the molecule is Cc1nc2c(c(=O)[nH]1)CCN(Cc1ccc3ncccc3c1)C2. The monoisotopic (exact) mass is 306 g/mol. The highest BCUT2D eigenvalue weighted by atomic mass is 16.1. The van der Waals surface area contributed by atoms with Gasteiger partial charge in [0.25, 0.3) is 5.56 Å². The van der Waals surface area contributed by atoms with Crippen molar-refractivity contribution in [3.63, 3.8) is 0 Å². The Labute approximate surface area is 134 Å². The number of hydrogen-bond donors (Lipinski definition) is 1. The quantitative estimate of drug-likeness (QED) is 0.788. The van der Waals surface area contributed by atoms with Crippen molar-refractivity contribution in [3.8, 4) is 0 Å². The molecule has 116 valence electrons. The fourth-order valence-electron chi connectivity index (χ4n) is 3.23. The fraction of sp³-hybridized carbons (Fsp3) is 0.278. The summed E-state index contributed by atoms with van der Waals surface area (Å²) < 4.78 is 0. The molecule has 0 saturated carbocycles. The van der Waals surface area contributed by atoms with E-state index >= 15 is 0 Å². The lowest BCUT2D eigenvalue weighted by atomic mass is 10.0. The molecule has 23 heavy (non-hydrogen) atoms. The largest absolute Gasteiger partial charge is 0.311 e. The molecule has 3 heterocycles. The third kappa shape index (κ3) is 2.75. The Morgan fingerprint density at radius 1 is 1.30 bits per heavy atom. The molecule has 0 radical (unpaired) electrons. The number of benzene rings is 1. The minimum absolute atomic E-state index is 0.0175. The van der Waals surface area contributed by atoms with Gasteiger partial charge in [0.1, 0.15) is 5.82 Å². The second kappa shape index (κ2) is 5.59. The summed E-state index contributed by atoms with van der Waals surface area (Å²) in [5, 5.41) is 1.16. The van der Waals surface area contributed by atoms with E-state index in [0.29, 0.717) is 5.82 Å². The summed E-state index contributed by atoms with van der Waals surface area (Å²) in [7, 11) is 0. The molecule has 1 aliphatic heterocycles. The molecule has 4 rings (SSSR count). The van der Waals surface area contributed by atoms with E-state index in [1.807, 2.05) is 19.2 Å². The van der Waals surface area contributed by atoms with Gasteiger partial charge >= 0.3 is 0 Å². The highest BCUT2D eigenvalue weighted by Crippen LogP contribution is 2.19. The molecule has 1 aromatic carbocycles. The number of aryl methyl sites for hydroxylation is 1. The summed E-state index contributed by atoms with van der Waals surface area (Å²) in [6, 6.07) is 10.4. The van der Waals surface area contributed by atoms with Gasteiger partial charge in [-0.1, -0.05) is 12.1 Å². The summed E-state index contributed by atoms with van der Waals surface area (Å²) >= 11 is 0. The molecule has 0 aliphatic carbocycles. The van der Waals surface area contributed by atoms with Gasteiger partial charge in [0.15, 0.2) is 0 Å². The number of aromatic amines is 1. The van der Waals surface area contributed by atoms with Crippen molar-refractivity contribution in [2.24, 2.45) is 0 Å². The standard InChI is InChI=1S/C18H18N4O/c1-12-20-17-11-22(8-6-15(17)18(23)21-12)10-13-4-5-16-14(9-13)3-2-7-19-16/h2-5,7,9H,6,8,10-11H2,1H3,(H,20,21,23). The molecule has 0 atom stereocenters. The summed E-state index contributed by atoms with van der Waals surface area (Å²) in [5.41, 5.74) is 4.05. The number of nitrogens with one attached hydrogen (secondary N) is 1. The number of hydrogen-bond acceptors (Lipinski definition) is 4. The number of fused-ring (bicyclic) bond motifs is 2. The highest BCUT2D eigenvalue weighted by molar-refractivity contribution is 5.78. The zero-order valence-corrected chi connectivity index (χ0v) is 13.0. The van der Waals surface area contributed by atoms with Crippen LogP contribution in [-0.2, 0) is 19.5 Å². The molecule has 1 N–H and O–H groups in total. The van der Waals surface area contributed by atoms with E-state index in [-0.39, 0.29) is 5.56 Å². The molecule has 0 amide bonds. The van der Waals surface area contributed by atoms with Crippen LogP contribution in [0.15, 0.2) is 41.3 Å². The smallest absolute Gasteiger partial charge is 0.254 e. The first-order chi connectivity index (χ1) is 11.2. The van der Waals surface area contributed by atoms with Gasteiger partial charge in [0, 0.05) is 36.8 Å². The van der Waals surface area contributed by atoms with Crippen LogP contribution in [0.2, 0.25) is 0 Å². The van der Waals surface area contributed by atoms with Crippen LogP contribution in [0.25, 0.3) is 10.9 Å². The zero-order chi connectivity index (χ0) is 15.8. The maximum Gasteiger partial charge on any atom is 0.254 e. The molecule has 5 heteroatoms. The van der Waals surface area contributed by atoms with Crippen LogP contribution in [-0.4, -0.2) is 26.4 Å². The van der Waals surface area contributed by atoms with Crippen molar-refractivity contribution >= 4 is 10.9 Å². The Kier molecular flexibility index (Phi) is 3.42. The number of pyridine rings is 1. The first kappa shape index (κ1) is 14.1. The predicted octanol–water partition coefficient (Wildman–Crippen LogP) is 2.18. The second-order valence-corrected chi connectivity index (χ2v) is 6.07. The molecule has 2 aromatic heterocycles. The first-order valence-corrected chi connectivity index (χ1v) is 7.84. The van der Waals surface area contributed by atoms with E-state index in [2.05, 4.69) is 44.1 Å². The van der Waals surface area contributed by atoms with E-state index in [4.69, 9.17) is 0 Å². The van der Waals surface area contributed by atoms with E-state index < -0.39 is 0 Å². The van der Waals surface area contributed by atoms with Gasteiger partial charge in [-0.25, -0.2) is 4.98 Å². The Morgan fingerprint density at radius 3 is 3.13 bits per heavy atom. The topological polar surface area (TPSA) is 61.9 Å². The fourth-order valence-corrected chi connectivity index (χ4v) is 3.23. The average Bonchev–Trinajstić information content (AvgIpc) is 2.54. The van der Waals surface area contributed by atoms with Gasteiger partial charge in [-0.2, -0.15) is 0 Å². The summed E-state index contributed by atoms with van der Waals surface area (Å²) in [4.78, 5) is 26.0. The van der Waals surface area contributed by atoms with Gasteiger partial charge in [0.05, 0.1) is 11.2 Å². The Hall–Kier alpha value is -2.53. The molecule has 0 spiro atoms. The third-order valence-electron chi connectivity index (χ3n) is 4.34.